The number of nitrogens with zero attached hydrogens (tertiary/aromatic N) is 2. The summed E-state index contributed by atoms with van der Waals surface area (Å²) in [7, 11) is 0. The van der Waals surface area contributed by atoms with E-state index in [1.165, 1.54) is 0 Å². The number of carbonyl (C=O) groups is 1. The molecule has 1 amide bonds. The molecule has 2 heterocycles. The van der Waals surface area contributed by atoms with Gasteiger partial charge in [0.15, 0.2) is 0 Å². The summed E-state index contributed by atoms with van der Waals surface area (Å²) >= 11 is 12.3. The van der Waals surface area contributed by atoms with Crippen molar-refractivity contribution >= 4 is 34.8 Å². The van der Waals surface area contributed by atoms with E-state index < -0.39 is 6.04 Å². The Morgan fingerprint density at radius 2 is 2.04 bits per heavy atom. The summed E-state index contributed by atoms with van der Waals surface area (Å²) < 4.78 is 5.40. The number of rotatable bonds is 4. The number of ether oxygens (including phenoxy) is 1. The van der Waals surface area contributed by atoms with Crippen LogP contribution in [0.2, 0.25) is 10.0 Å². The predicted octanol–water partition coefficient (Wildman–Crippen LogP) is 3.40. The first kappa shape index (κ1) is 17.2. The normalized spacial score (nSPS) is 16.6. The average Bonchev–Trinajstić information content (AvgIpc) is 2.59. The number of amides is 1. The lowest BCUT2D eigenvalue weighted by molar-refractivity contribution is -0.123. The molecule has 1 aromatic heterocycles. The first-order chi connectivity index (χ1) is 11.6. The number of pyridine rings is 1. The second-order valence-electron chi connectivity index (χ2n) is 5.45. The van der Waals surface area contributed by atoms with Crippen LogP contribution in [0.25, 0.3) is 0 Å². The number of hydrogen-bond acceptors (Lipinski definition) is 4. The summed E-state index contributed by atoms with van der Waals surface area (Å²) in [6.07, 6.45) is 3.27. The van der Waals surface area contributed by atoms with E-state index in [2.05, 4.69) is 15.2 Å². The minimum Gasteiger partial charge on any atom is -0.379 e. The Labute approximate surface area is 150 Å². The third-order valence-corrected chi connectivity index (χ3v) is 4.41. The number of hydrogen-bond donors (Lipinski definition) is 1. The van der Waals surface area contributed by atoms with Crippen molar-refractivity contribution in [3.8, 4) is 0 Å². The molecule has 126 valence electrons. The second kappa shape index (κ2) is 7.94. The highest BCUT2D eigenvalue weighted by Gasteiger charge is 2.30. The van der Waals surface area contributed by atoms with Crippen molar-refractivity contribution in [1.29, 1.82) is 0 Å². The molecule has 1 aliphatic heterocycles. The van der Waals surface area contributed by atoms with E-state index in [4.69, 9.17) is 27.9 Å². The van der Waals surface area contributed by atoms with Crippen LogP contribution in [0.5, 0.6) is 0 Å². The van der Waals surface area contributed by atoms with Crippen LogP contribution in [0, 0.1) is 0 Å². The van der Waals surface area contributed by atoms with Gasteiger partial charge in [0.05, 0.1) is 25.1 Å². The molecule has 24 heavy (non-hydrogen) atoms. The molecule has 1 aliphatic rings. The Hall–Kier alpha value is -1.66. The standard InChI is InChI=1S/C17H17Cl2N3O2/c18-12-3-4-14(15(19)10-12)16(22-6-8-24-9-7-22)17(23)21-13-2-1-5-20-11-13/h1-5,10-11,16H,6-9H2,(H,21,23)/t16-/m0/s1. The third-order valence-electron chi connectivity index (χ3n) is 3.85. The van der Waals surface area contributed by atoms with Crippen molar-refractivity contribution in [2.45, 2.75) is 6.04 Å². The zero-order valence-corrected chi connectivity index (χ0v) is 14.4. The molecule has 5 nitrogen and oxygen atoms in total. The van der Waals surface area contributed by atoms with Gasteiger partial charge in [-0.2, -0.15) is 0 Å². The minimum absolute atomic E-state index is 0.158. The summed E-state index contributed by atoms with van der Waals surface area (Å²) in [4.78, 5) is 19.0. The van der Waals surface area contributed by atoms with Crippen molar-refractivity contribution in [2.75, 3.05) is 31.6 Å². The largest absolute Gasteiger partial charge is 0.379 e. The Bertz CT molecular complexity index is 706. The molecule has 2 aromatic rings. The molecule has 7 heteroatoms. The molecule has 0 radical (unpaired) electrons. The molecule has 0 saturated carbocycles. The Morgan fingerprint density at radius 3 is 2.71 bits per heavy atom. The topological polar surface area (TPSA) is 54.5 Å². The Kier molecular flexibility index (Phi) is 5.68. The Balaban J connectivity index is 1.90. The van der Waals surface area contributed by atoms with Crippen LogP contribution < -0.4 is 5.32 Å². The van der Waals surface area contributed by atoms with E-state index in [0.717, 1.165) is 5.56 Å². The van der Waals surface area contributed by atoms with Crippen LogP contribution in [0.1, 0.15) is 11.6 Å². The van der Waals surface area contributed by atoms with Crippen molar-refractivity contribution in [3.63, 3.8) is 0 Å². The number of carbonyl (C=O) groups excluding carboxylic acids is 1. The van der Waals surface area contributed by atoms with E-state index >= 15 is 0 Å². The lowest BCUT2D eigenvalue weighted by Gasteiger charge is -2.34. The summed E-state index contributed by atoms with van der Waals surface area (Å²) in [5.74, 6) is -0.158. The molecule has 1 aromatic carbocycles. The van der Waals surface area contributed by atoms with E-state index in [9.17, 15) is 4.79 Å². The number of benzene rings is 1. The fraction of sp³-hybridized carbons (Fsp3) is 0.294. The molecular formula is C17H17Cl2N3O2. The van der Waals surface area contributed by atoms with Gasteiger partial charge in [0.25, 0.3) is 0 Å². The predicted molar refractivity (Wildman–Crippen MR) is 94.5 cm³/mol. The summed E-state index contributed by atoms with van der Waals surface area (Å²) in [5.41, 5.74) is 1.37. The first-order valence-corrected chi connectivity index (χ1v) is 8.38. The number of halogens is 2. The highest BCUT2D eigenvalue weighted by atomic mass is 35.5. The number of anilines is 1. The zero-order chi connectivity index (χ0) is 16.9. The third kappa shape index (κ3) is 4.05. The number of aromatic nitrogens is 1. The van der Waals surface area contributed by atoms with Crippen LogP contribution >= 0.6 is 23.2 Å². The molecule has 0 unspecified atom stereocenters. The smallest absolute Gasteiger partial charge is 0.246 e. The quantitative estimate of drug-likeness (QED) is 0.901. The molecule has 1 fully saturated rings. The summed E-state index contributed by atoms with van der Waals surface area (Å²) in [6.45, 7) is 2.48. The highest BCUT2D eigenvalue weighted by Crippen LogP contribution is 2.31. The SMILES string of the molecule is O=C(Nc1cccnc1)[C@H](c1ccc(Cl)cc1Cl)N1CCOCC1. The number of nitrogens with one attached hydrogen (secondary N) is 1. The van der Waals surface area contributed by atoms with Gasteiger partial charge >= 0.3 is 0 Å². The second-order valence-corrected chi connectivity index (χ2v) is 6.29. The van der Waals surface area contributed by atoms with Gasteiger partial charge in [-0.25, -0.2) is 0 Å². The van der Waals surface area contributed by atoms with Crippen LogP contribution in [0.4, 0.5) is 5.69 Å². The van der Waals surface area contributed by atoms with E-state index in [1.54, 1.807) is 42.7 Å². The van der Waals surface area contributed by atoms with Crippen molar-refractivity contribution < 1.29 is 9.53 Å². The van der Waals surface area contributed by atoms with Crippen molar-refractivity contribution in [2.24, 2.45) is 0 Å². The summed E-state index contributed by atoms with van der Waals surface area (Å²) in [6, 6.07) is 8.25. The average molecular weight is 366 g/mol. The van der Waals surface area contributed by atoms with Crippen molar-refractivity contribution in [3.05, 3.63) is 58.3 Å². The molecule has 0 spiro atoms. The maximum absolute atomic E-state index is 12.9. The van der Waals surface area contributed by atoms with Gasteiger partial charge in [-0.3, -0.25) is 14.7 Å². The number of morpholine rings is 1. The maximum atomic E-state index is 12.9. The van der Waals surface area contributed by atoms with Gasteiger partial charge < -0.3 is 10.1 Å². The van der Waals surface area contributed by atoms with Crippen LogP contribution in [-0.2, 0) is 9.53 Å². The molecule has 1 atom stereocenters. The first-order valence-electron chi connectivity index (χ1n) is 7.63. The van der Waals surface area contributed by atoms with Crippen LogP contribution in [0.3, 0.4) is 0 Å². The molecule has 3 rings (SSSR count). The van der Waals surface area contributed by atoms with Gasteiger partial charge in [-0.1, -0.05) is 29.3 Å². The van der Waals surface area contributed by atoms with E-state index in [0.29, 0.717) is 42.0 Å². The fourth-order valence-electron chi connectivity index (χ4n) is 2.71. The zero-order valence-electron chi connectivity index (χ0n) is 12.9. The van der Waals surface area contributed by atoms with Crippen molar-refractivity contribution in [1.82, 2.24) is 9.88 Å². The molecule has 1 saturated heterocycles. The van der Waals surface area contributed by atoms with Gasteiger partial charge in [-0.15, -0.1) is 0 Å². The lowest BCUT2D eigenvalue weighted by Crippen LogP contribution is -2.44. The van der Waals surface area contributed by atoms with Gasteiger partial charge in [0.1, 0.15) is 6.04 Å². The molecule has 0 aliphatic carbocycles. The summed E-state index contributed by atoms with van der Waals surface area (Å²) in [5, 5.41) is 3.92. The monoisotopic (exact) mass is 365 g/mol. The van der Waals surface area contributed by atoms with Gasteiger partial charge in [-0.05, 0) is 29.8 Å². The van der Waals surface area contributed by atoms with E-state index in [1.807, 2.05) is 0 Å². The fourth-order valence-corrected chi connectivity index (χ4v) is 3.22. The van der Waals surface area contributed by atoms with Crippen LogP contribution in [-0.4, -0.2) is 42.1 Å². The minimum atomic E-state index is -0.515. The molecular weight excluding hydrogens is 349 g/mol. The highest BCUT2D eigenvalue weighted by molar-refractivity contribution is 6.35. The maximum Gasteiger partial charge on any atom is 0.246 e. The lowest BCUT2D eigenvalue weighted by atomic mass is 10.0. The molecule has 0 bridgehead atoms. The van der Waals surface area contributed by atoms with Gasteiger partial charge in [0, 0.05) is 29.3 Å². The van der Waals surface area contributed by atoms with Crippen LogP contribution in [0.15, 0.2) is 42.7 Å². The molecule has 1 N–H and O–H groups in total. The Morgan fingerprint density at radius 1 is 1.25 bits per heavy atom. The van der Waals surface area contributed by atoms with Gasteiger partial charge in [0.2, 0.25) is 5.91 Å². The van der Waals surface area contributed by atoms with E-state index in [-0.39, 0.29) is 5.91 Å².